The smallest absolute Gasteiger partial charge is 0.223 e. The van der Waals surface area contributed by atoms with Gasteiger partial charge in [-0.3, -0.25) is 4.79 Å². The van der Waals surface area contributed by atoms with Crippen molar-refractivity contribution < 1.29 is 14.6 Å². The van der Waals surface area contributed by atoms with Gasteiger partial charge in [0.05, 0.1) is 19.3 Å². The van der Waals surface area contributed by atoms with E-state index in [1.54, 1.807) is 19.2 Å². The van der Waals surface area contributed by atoms with Gasteiger partial charge in [0, 0.05) is 5.92 Å². The first-order valence-electron chi connectivity index (χ1n) is 8.58. The van der Waals surface area contributed by atoms with Crippen molar-refractivity contribution in [3.8, 4) is 5.75 Å². The molecule has 0 saturated carbocycles. The lowest BCUT2D eigenvalue weighted by Gasteiger charge is -2.23. The van der Waals surface area contributed by atoms with Crippen LogP contribution in [0.15, 0.2) is 48.5 Å². The van der Waals surface area contributed by atoms with Crippen LogP contribution in [0, 0.1) is 12.8 Å². The van der Waals surface area contributed by atoms with Crippen LogP contribution in [-0.4, -0.2) is 24.2 Å². The highest BCUT2D eigenvalue weighted by Gasteiger charge is 2.21. The van der Waals surface area contributed by atoms with E-state index in [1.807, 2.05) is 32.9 Å². The van der Waals surface area contributed by atoms with Crippen LogP contribution < -0.4 is 10.1 Å². The molecule has 0 heterocycles. The third-order valence-corrected chi connectivity index (χ3v) is 4.41. The van der Waals surface area contributed by atoms with E-state index in [9.17, 15) is 9.90 Å². The number of carbonyl (C=O) groups excluding carboxylic acids is 1. The minimum Gasteiger partial charge on any atom is -0.497 e. The normalized spacial score (nSPS) is 14.4. The number of aliphatic hydroxyl groups is 1. The summed E-state index contributed by atoms with van der Waals surface area (Å²) in [5.74, 6) is 0.521. The summed E-state index contributed by atoms with van der Waals surface area (Å²) in [7, 11) is 1.60. The van der Waals surface area contributed by atoms with Gasteiger partial charge < -0.3 is 15.2 Å². The molecule has 0 fully saturated rings. The van der Waals surface area contributed by atoms with E-state index in [0.717, 1.165) is 16.9 Å². The quantitative estimate of drug-likeness (QED) is 0.811. The number of benzene rings is 2. The Labute approximate surface area is 149 Å². The highest BCUT2D eigenvalue weighted by atomic mass is 16.5. The van der Waals surface area contributed by atoms with E-state index in [1.165, 1.54) is 5.56 Å². The first kappa shape index (κ1) is 19.0. The second kappa shape index (κ2) is 8.67. The summed E-state index contributed by atoms with van der Waals surface area (Å²) < 4.78 is 5.12. The van der Waals surface area contributed by atoms with Crippen LogP contribution in [0.5, 0.6) is 5.75 Å². The van der Waals surface area contributed by atoms with E-state index in [-0.39, 0.29) is 17.9 Å². The largest absolute Gasteiger partial charge is 0.497 e. The zero-order valence-electron chi connectivity index (χ0n) is 15.3. The first-order valence-corrected chi connectivity index (χ1v) is 8.58. The molecule has 3 atom stereocenters. The maximum absolute atomic E-state index is 12.4. The maximum atomic E-state index is 12.4. The van der Waals surface area contributed by atoms with Crippen LogP contribution in [0.25, 0.3) is 0 Å². The molecule has 134 valence electrons. The monoisotopic (exact) mass is 341 g/mol. The van der Waals surface area contributed by atoms with Crippen molar-refractivity contribution >= 4 is 5.91 Å². The number of aryl methyl sites for hydroxylation is 1. The second-order valence-corrected chi connectivity index (χ2v) is 6.61. The SMILES string of the molecule is COc1ccc(C(O)C(C)NC(=O)C(C)Cc2ccc(C)cc2)cc1. The molecule has 0 aliphatic heterocycles. The molecule has 0 radical (unpaired) electrons. The summed E-state index contributed by atoms with van der Waals surface area (Å²) in [4.78, 5) is 12.4. The van der Waals surface area contributed by atoms with E-state index >= 15 is 0 Å². The number of amides is 1. The number of ether oxygens (including phenoxy) is 1. The summed E-state index contributed by atoms with van der Waals surface area (Å²) in [6, 6.07) is 15.0. The number of rotatable bonds is 7. The molecule has 0 aliphatic carbocycles. The van der Waals surface area contributed by atoms with Gasteiger partial charge >= 0.3 is 0 Å². The fourth-order valence-electron chi connectivity index (χ4n) is 2.71. The third-order valence-electron chi connectivity index (χ3n) is 4.41. The Kier molecular flexibility index (Phi) is 6.59. The molecule has 0 saturated heterocycles. The molecule has 0 aliphatic rings. The van der Waals surface area contributed by atoms with Gasteiger partial charge in [-0.25, -0.2) is 0 Å². The van der Waals surface area contributed by atoms with Crippen LogP contribution in [0.3, 0.4) is 0 Å². The van der Waals surface area contributed by atoms with Crippen molar-refractivity contribution in [3.63, 3.8) is 0 Å². The summed E-state index contributed by atoms with van der Waals surface area (Å²) in [5, 5.41) is 13.4. The average molecular weight is 341 g/mol. The van der Waals surface area contributed by atoms with Crippen LogP contribution in [0.1, 0.15) is 36.6 Å². The van der Waals surface area contributed by atoms with Crippen LogP contribution in [-0.2, 0) is 11.2 Å². The van der Waals surface area contributed by atoms with Crippen molar-refractivity contribution in [2.45, 2.75) is 39.3 Å². The fourth-order valence-corrected chi connectivity index (χ4v) is 2.71. The molecule has 3 unspecified atom stereocenters. The average Bonchev–Trinajstić information content (AvgIpc) is 2.62. The minimum absolute atomic E-state index is 0.0550. The Balaban J connectivity index is 1.92. The lowest BCUT2D eigenvalue weighted by molar-refractivity contribution is -0.125. The molecule has 4 heteroatoms. The van der Waals surface area contributed by atoms with Crippen LogP contribution in [0.4, 0.5) is 0 Å². The van der Waals surface area contributed by atoms with Gasteiger partial charge in [0.25, 0.3) is 0 Å². The van der Waals surface area contributed by atoms with Gasteiger partial charge in [-0.2, -0.15) is 0 Å². The highest BCUT2D eigenvalue weighted by Crippen LogP contribution is 2.20. The Bertz CT molecular complexity index is 679. The van der Waals surface area contributed by atoms with Gasteiger partial charge in [-0.05, 0) is 43.5 Å². The van der Waals surface area contributed by atoms with Crippen molar-refractivity contribution in [2.75, 3.05) is 7.11 Å². The molecular formula is C21H27NO3. The topological polar surface area (TPSA) is 58.6 Å². The van der Waals surface area contributed by atoms with Crippen molar-refractivity contribution in [1.82, 2.24) is 5.32 Å². The number of aliphatic hydroxyl groups excluding tert-OH is 1. The molecule has 25 heavy (non-hydrogen) atoms. The number of hydrogen-bond acceptors (Lipinski definition) is 3. The molecular weight excluding hydrogens is 314 g/mol. The molecule has 0 aromatic heterocycles. The molecule has 4 nitrogen and oxygen atoms in total. The van der Waals surface area contributed by atoms with Crippen molar-refractivity contribution in [2.24, 2.45) is 5.92 Å². The molecule has 0 bridgehead atoms. The summed E-state index contributed by atoms with van der Waals surface area (Å²) >= 11 is 0. The third kappa shape index (κ3) is 5.33. The fraction of sp³-hybridized carbons (Fsp3) is 0.381. The summed E-state index contributed by atoms with van der Waals surface area (Å²) in [5.41, 5.74) is 3.09. The number of nitrogens with one attached hydrogen (secondary N) is 1. The lowest BCUT2D eigenvalue weighted by atomic mass is 9.98. The van der Waals surface area contributed by atoms with Gasteiger partial charge in [-0.15, -0.1) is 0 Å². The lowest BCUT2D eigenvalue weighted by Crippen LogP contribution is -2.40. The summed E-state index contributed by atoms with van der Waals surface area (Å²) in [6.07, 6.45) is -0.0845. The van der Waals surface area contributed by atoms with Crippen molar-refractivity contribution in [3.05, 3.63) is 65.2 Å². The standard InChI is InChI=1S/C21H27NO3/c1-14-5-7-17(8-6-14)13-15(2)21(24)22-16(3)20(23)18-9-11-19(25-4)12-10-18/h5-12,15-16,20,23H,13H2,1-4H3,(H,22,24). The molecule has 1 amide bonds. The van der Waals surface area contributed by atoms with Crippen LogP contribution in [0.2, 0.25) is 0 Å². The number of hydrogen-bond donors (Lipinski definition) is 2. The zero-order chi connectivity index (χ0) is 18.4. The molecule has 2 aromatic carbocycles. The highest BCUT2D eigenvalue weighted by molar-refractivity contribution is 5.79. The van der Waals surface area contributed by atoms with Gasteiger partial charge in [0.15, 0.2) is 0 Å². The molecule has 2 N–H and O–H groups in total. The first-order chi connectivity index (χ1) is 11.9. The molecule has 2 rings (SSSR count). The van der Waals surface area contributed by atoms with Crippen molar-refractivity contribution in [1.29, 1.82) is 0 Å². The predicted octanol–water partition coefficient (Wildman–Crippen LogP) is 3.42. The number of methoxy groups -OCH3 is 1. The van der Waals surface area contributed by atoms with E-state index in [4.69, 9.17) is 4.74 Å². The Morgan fingerprint density at radius 3 is 2.24 bits per heavy atom. The molecule has 2 aromatic rings. The predicted molar refractivity (Wildman–Crippen MR) is 99.6 cm³/mol. The number of carbonyl (C=O) groups is 1. The summed E-state index contributed by atoms with van der Waals surface area (Å²) in [6.45, 7) is 5.76. The van der Waals surface area contributed by atoms with Crippen LogP contribution >= 0.6 is 0 Å². The maximum Gasteiger partial charge on any atom is 0.223 e. The second-order valence-electron chi connectivity index (χ2n) is 6.61. The van der Waals surface area contributed by atoms with Gasteiger partial charge in [-0.1, -0.05) is 48.9 Å². The van der Waals surface area contributed by atoms with Gasteiger partial charge in [0.2, 0.25) is 5.91 Å². The molecule has 0 spiro atoms. The Morgan fingerprint density at radius 2 is 1.68 bits per heavy atom. The zero-order valence-corrected chi connectivity index (χ0v) is 15.3. The van der Waals surface area contributed by atoms with E-state index in [0.29, 0.717) is 6.42 Å². The Morgan fingerprint density at radius 1 is 1.08 bits per heavy atom. The van der Waals surface area contributed by atoms with Gasteiger partial charge in [0.1, 0.15) is 5.75 Å². The van der Waals surface area contributed by atoms with E-state index in [2.05, 4.69) is 29.6 Å². The Hall–Kier alpha value is -2.33. The van der Waals surface area contributed by atoms with E-state index < -0.39 is 6.10 Å². The minimum atomic E-state index is -0.763.